The van der Waals surface area contributed by atoms with Crippen molar-refractivity contribution in [3.63, 3.8) is 0 Å². The molecule has 5 nitrogen and oxygen atoms in total. The average molecular weight is 351 g/mol. The average Bonchev–Trinajstić information content (AvgIpc) is 2.88. The molecule has 2 rings (SSSR count). The van der Waals surface area contributed by atoms with Gasteiger partial charge in [0.2, 0.25) is 5.91 Å². The van der Waals surface area contributed by atoms with Crippen molar-refractivity contribution in [2.75, 3.05) is 18.1 Å². The zero-order valence-corrected chi connectivity index (χ0v) is 15.4. The Morgan fingerprint density at radius 1 is 1.17 bits per heavy atom. The first kappa shape index (κ1) is 18.6. The van der Waals surface area contributed by atoms with Gasteiger partial charge in [0, 0.05) is 31.0 Å². The van der Waals surface area contributed by atoms with Crippen molar-refractivity contribution in [1.29, 1.82) is 0 Å². The summed E-state index contributed by atoms with van der Waals surface area (Å²) in [6.07, 6.45) is 0.764. The van der Waals surface area contributed by atoms with Crippen LogP contribution < -0.4 is 0 Å². The molecule has 24 heavy (non-hydrogen) atoms. The molecule has 1 amide bonds. The molecule has 0 saturated carbocycles. The number of Topliss-reactive ketones (excluding diaryl/α,β-unsaturated/α-hetero) is 1. The highest BCUT2D eigenvalue weighted by Gasteiger charge is 2.33. The maximum Gasteiger partial charge on any atom is 0.223 e. The minimum atomic E-state index is -3.03. The summed E-state index contributed by atoms with van der Waals surface area (Å²) < 4.78 is 23.2. The fourth-order valence-electron chi connectivity index (χ4n) is 3.08. The Hall–Kier alpha value is -1.69. The maximum absolute atomic E-state index is 12.4. The number of hydrogen-bond donors (Lipinski definition) is 0. The third-order valence-corrected chi connectivity index (χ3v) is 6.46. The van der Waals surface area contributed by atoms with Crippen LogP contribution >= 0.6 is 0 Å². The highest BCUT2D eigenvalue weighted by molar-refractivity contribution is 7.91. The first-order valence-corrected chi connectivity index (χ1v) is 10.2. The molecule has 0 N–H and O–H groups in total. The van der Waals surface area contributed by atoms with Gasteiger partial charge in [0.05, 0.1) is 11.5 Å². The number of carbonyl (C=O) groups is 2. The Bertz CT molecular complexity index is 739. The van der Waals surface area contributed by atoms with Gasteiger partial charge >= 0.3 is 0 Å². The fraction of sp³-hybridized carbons (Fsp3) is 0.556. The lowest BCUT2D eigenvalue weighted by Crippen LogP contribution is -2.41. The van der Waals surface area contributed by atoms with Gasteiger partial charge in [0.1, 0.15) is 0 Å². The highest BCUT2D eigenvalue weighted by atomic mass is 32.2. The second kappa shape index (κ2) is 7.47. The third kappa shape index (κ3) is 4.44. The summed E-state index contributed by atoms with van der Waals surface area (Å²) in [4.78, 5) is 26.3. The Morgan fingerprint density at radius 3 is 2.42 bits per heavy atom. The van der Waals surface area contributed by atoms with Gasteiger partial charge in [-0.2, -0.15) is 0 Å². The molecule has 1 atom stereocenters. The Kier molecular flexibility index (Phi) is 5.80. The Balaban J connectivity index is 1.95. The summed E-state index contributed by atoms with van der Waals surface area (Å²) in [6.45, 7) is 6.25. The fourth-order valence-corrected chi connectivity index (χ4v) is 4.81. The molecule has 1 aromatic rings. The van der Waals surface area contributed by atoms with Crippen LogP contribution in [0, 0.1) is 13.8 Å². The van der Waals surface area contributed by atoms with Crippen LogP contribution in [0.3, 0.4) is 0 Å². The summed E-state index contributed by atoms with van der Waals surface area (Å²) in [5.41, 5.74) is 2.80. The molecule has 1 aromatic carbocycles. The van der Waals surface area contributed by atoms with Crippen molar-refractivity contribution in [3.05, 3.63) is 34.9 Å². The zero-order chi connectivity index (χ0) is 17.9. The lowest BCUT2D eigenvalue weighted by Gasteiger charge is -2.26. The molecule has 1 unspecified atom stereocenters. The molecule has 1 aliphatic heterocycles. The smallest absolute Gasteiger partial charge is 0.223 e. The van der Waals surface area contributed by atoms with Crippen molar-refractivity contribution >= 4 is 21.5 Å². The molecule has 0 bridgehead atoms. The minimum Gasteiger partial charge on any atom is -0.339 e. The molecule has 6 heteroatoms. The third-order valence-electron chi connectivity index (χ3n) is 4.71. The van der Waals surface area contributed by atoms with Gasteiger partial charge in [-0.3, -0.25) is 9.59 Å². The van der Waals surface area contributed by atoms with Crippen molar-refractivity contribution in [1.82, 2.24) is 4.90 Å². The molecule has 1 aliphatic rings. The molecule has 0 aromatic heterocycles. The summed E-state index contributed by atoms with van der Waals surface area (Å²) in [7, 11) is -3.03. The van der Waals surface area contributed by atoms with Crippen molar-refractivity contribution in [3.8, 4) is 0 Å². The number of hydrogen-bond acceptors (Lipinski definition) is 4. The van der Waals surface area contributed by atoms with Gasteiger partial charge in [0.25, 0.3) is 0 Å². The van der Waals surface area contributed by atoms with Gasteiger partial charge in [-0.25, -0.2) is 8.42 Å². The van der Waals surface area contributed by atoms with Crippen LogP contribution in [-0.2, 0) is 14.6 Å². The monoisotopic (exact) mass is 351 g/mol. The minimum absolute atomic E-state index is 0.0394. The number of ketones is 1. The molecule has 132 valence electrons. The van der Waals surface area contributed by atoms with Crippen LogP contribution in [0.25, 0.3) is 0 Å². The van der Waals surface area contributed by atoms with E-state index in [1.165, 1.54) is 0 Å². The summed E-state index contributed by atoms with van der Waals surface area (Å²) >= 11 is 0. The number of amides is 1. The zero-order valence-electron chi connectivity index (χ0n) is 14.5. The second-order valence-electron chi connectivity index (χ2n) is 6.46. The number of aryl methyl sites for hydroxylation is 2. The first-order chi connectivity index (χ1) is 11.2. The quantitative estimate of drug-likeness (QED) is 0.737. The normalized spacial score (nSPS) is 19.2. The van der Waals surface area contributed by atoms with Crippen LogP contribution in [0.15, 0.2) is 18.2 Å². The molecule has 0 aliphatic carbocycles. The molecule has 0 radical (unpaired) electrons. The van der Waals surface area contributed by atoms with Crippen LogP contribution in [0.5, 0.6) is 0 Å². The van der Waals surface area contributed by atoms with E-state index in [4.69, 9.17) is 0 Å². The molecular formula is C18H25NO4S. The van der Waals surface area contributed by atoms with Gasteiger partial charge < -0.3 is 4.90 Å². The van der Waals surface area contributed by atoms with Crippen LogP contribution in [0.2, 0.25) is 0 Å². The largest absolute Gasteiger partial charge is 0.339 e. The van der Waals surface area contributed by atoms with E-state index >= 15 is 0 Å². The van der Waals surface area contributed by atoms with E-state index in [-0.39, 0.29) is 42.1 Å². The number of benzene rings is 1. The molecule has 1 fully saturated rings. The van der Waals surface area contributed by atoms with Gasteiger partial charge in [-0.15, -0.1) is 0 Å². The summed E-state index contributed by atoms with van der Waals surface area (Å²) in [5.74, 6) is -0.0147. The van der Waals surface area contributed by atoms with Crippen LogP contribution in [-0.4, -0.2) is 49.1 Å². The summed E-state index contributed by atoms with van der Waals surface area (Å²) in [6, 6.07) is 5.30. The molecular weight excluding hydrogens is 326 g/mol. The predicted octanol–water partition coefficient (Wildman–Crippen LogP) is 2.30. The Morgan fingerprint density at radius 2 is 1.88 bits per heavy atom. The number of rotatable bonds is 6. The topological polar surface area (TPSA) is 71.5 Å². The Labute approximate surface area is 144 Å². The predicted molar refractivity (Wildman–Crippen MR) is 93.9 cm³/mol. The van der Waals surface area contributed by atoms with Crippen molar-refractivity contribution in [2.24, 2.45) is 0 Å². The lowest BCUT2D eigenvalue weighted by molar-refractivity contribution is -0.132. The van der Waals surface area contributed by atoms with E-state index in [1.54, 1.807) is 11.0 Å². The highest BCUT2D eigenvalue weighted by Crippen LogP contribution is 2.19. The van der Waals surface area contributed by atoms with E-state index in [9.17, 15) is 18.0 Å². The van der Waals surface area contributed by atoms with Gasteiger partial charge in [-0.05, 0) is 44.4 Å². The lowest BCUT2D eigenvalue weighted by atomic mass is 10.0. The van der Waals surface area contributed by atoms with Crippen LogP contribution in [0.1, 0.15) is 47.7 Å². The molecule has 1 saturated heterocycles. The standard InChI is InChI=1S/C18H25NO4S/c1-4-19(16-9-10-24(22,23)12-16)18(21)8-7-17(20)15-6-5-13(2)14(3)11-15/h5-6,11,16H,4,7-10,12H2,1-3H3. The molecule has 1 heterocycles. The van der Waals surface area contributed by atoms with Crippen LogP contribution in [0.4, 0.5) is 0 Å². The SMILES string of the molecule is CCN(C(=O)CCC(=O)c1ccc(C)c(C)c1)C1CCS(=O)(=O)C1. The summed E-state index contributed by atoms with van der Waals surface area (Å²) in [5, 5.41) is 0. The van der Waals surface area contributed by atoms with Gasteiger partial charge in [-0.1, -0.05) is 12.1 Å². The van der Waals surface area contributed by atoms with E-state index in [1.807, 2.05) is 32.9 Å². The second-order valence-corrected chi connectivity index (χ2v) is 8.69. The number of nitrogens with zero attached hydrogens (tertiary/aromatic N) is 1. The number of carbonyl (C=O) groups excluding carboxylic acids is 2. The van der Waals surface area contributed by atoms with E-state index in [0.29, 0.717) is 18.5 Å². The first-order valence-electron chi connectivity index (χ1n) is 8.34. The van der Waals surface area contributed by atoms with E-state index in [0.717, 1.165) is 11.1 Å². The molecule has 0 spiro atoms. The van der Waals surface area contributed by atoms with Gasteiger partial charge in [0.15, 0.2) is 15.6 Å². The number of sulfone groups is 1. The van der Waals surface area contributed by atoms with E-state index in [2.05, 4.69) is 0 Å². The maximum atomic E-state index is 12.4. The van der Waals surface area contributed by atoms with Crippen molar-refractivity contribution in [2.45, 2.75) is 46.1 Å². The van der Waals surface area contributed by atoms with E-state index < -0.39 is 9.84 Å². The van der Waals surface area contributed by atoms with Crippen molar-refractivity contribution < 1.29 is 18.0 Å².